The molecule has 4 nitrogen and oxygen atoms in total. The first-order valence-corrected chi connectivity index (χ1v) is 9.01. The van der Waals surface area contributed by atoms with Crippen molar-refractivity contribution in [1.82, 2.24) is 9.88 Å². The molecule has 0 aliphatic carbocycles. The summed E-state index contributed by atoms with van der Waals surface area (Å²) in [4.78, 5) is 18.9. The van der Waals surface area contributed by atoms with Gasteiger partial charge in [0.2, 0.25) is 0 Å². The van der Waals surface area contributed by atoms with Crippen molar-refractivity contribution in [2.45, 2.75) is 32.3 Å². The maximum absolute atomic E-state index is 13.3. The summed E-state index contributed by atoms with van der Waals surface area (Å²) in [6.45, 7) is 5.69. The number of morpholine rings is 1. The van der Waals surface area contributed by atoms with E-state index in [0.717, 1.165) is 10.6 Å². The summed E-state index contributed by atoms with van der Waals surface area (Å²) in [7, 11) is 0. The number of aromatic nitrogens is 1. The Kier molecular flexibility index (Phi) is 5.26. The second kappa shape index (κ2) is 7.40. The molecule has 2 heterocycles. The number of nitrogens with zero attached hydrogens (tertiary/aromatic N) is 2. The summed E-state index contributed by atoms with van der Waals surface area (Å²) in [5, 5.41) is 2.80. The number of ether oxygens (including phenoxy) is 1. The van der Waals surface area contributed by atoms with Gasteiger partial charge in [-0.1, -0.05) is 26.0 Å². The number of carbonyl (C=O) groups excluding carboxylic acids is 1. The lowest BCUT2D eigenvalue weighted by Gasteiger charge is -2.32. The monoisotopic (exact) mass is 348 g/mol. The highest BCUT2D eigenvalue weighted by molar-refractivity contribution is 7.09. The van der Waals surface area contributed by atoms with Crippen LogP contribution in [0.4, 0.5) is 4.39 Å². The summed E-state index contributed by atoms with van der Waals surface area (Å²) < 4.78 is 19.0. The van der Waals surface area contributed by atoms with E-state index < -0.39 is 0 Å². The molecule has 1 saturated heterocycles. The fourth-order valence-corrected chi connectivity index (χ4v) is 3.58. The number of benzene rings is 1. The van der Waals surface area contributed by atoms with Crippen LogP contribution in [0.25, 0.3) is 0 Å². The van der Waals surface area contributed by atoms with Gasteiger partial charge >= 0.3 is 0 Å². The molecule has 1 aliphatic rings. The van der Waals surface area contributed by atoms with E-state index in [4.69, 9.17) is 4.74 Å². The van der Waals surface area contributed by atoms with Gasteiger partial charge in [0.05, 0.1) is 17.7 Å². The van der Waals surface area contributed by atoms with E-state index in [2.05, 4.69) is 18.8 Å². The second-order valence-electron chi connectivity index (χ2n) is 6.30. The molecule has 128 valence electrons. The molecule has 0 N–H and O–H groups in total. The van der Waals surface area contributed by atoms with Crippen molar-refractivity contribution >= 4 is 17.2 Å². The van der Waals surface area contributed by atoms with Gasteiger partial charge in [0.15, 0.2) is 0 Å². The van der Waals surface area contributed by atoms with Gasteiger partial charge in [-0.3, -0.25) is 4.79 Å². The van der Waals surface area contributed by atoms with Crippen molar-refractivity contribution in [2.24, 2.45) is 0 Å². The van der Waals surface area contributed by atoms with Crippen LogP contribution in [0.1, 0.15) is 40.8 Å². The quantitative estimate of drug-likeness (QED) is 0.849. The van der Waals surface area contributed by atoms with E-state index in [9.17, 15) is 9.18 Å². The van der Waals surface area contributed by atoms with E-state index in [0.29, 0.717) is 37.7 Å². The van der Waals surface area contributed by atoms with E-state index in [1.807, 2.05) is 11.4 Å². The maximum atomic E-state index is 13.3. The number of rotatable bonds is 4. The molecule has 1 fully saturated rings. The van der Waals surface area contributed by atoms with E-state index >= 15 is 0 Å². The molecule has 0 bridgehead atoms. The van der Waals surface area contributed by atoms with Gasteiger partial charge in [-0.2, -0.15) is 0 Å². The van der Waals surface area contributed by atoms with Crippen LogP contribution in [-0.2, 0) is 11.2 Å². The van der Waals surface area contributed by atoms with Gasteiger partial charge in [-0.05, 0) is 17.7 Å². The Bertz CT molecular complexity index is 717. The molecule has 24 heavy (non-hydrogen) atoms. The molecule has 1 aromatic carbocycles. The molecule has 2 aromatic rings. The molecule has 3 rings (SSSR count). The Morgan fingerprint density at radius 2 is 2.33 bits per heavy atom. The first-order chi connectivity index (χ1) is 11.5. The molecule has 1 aromatic heterocycles. The standard InChI is InChI=1S/C18H21FN2O2S/c1-12(2)17-20-16(11-24-17)18(22)21-6-7-23-15(10-21)9-13-4-3-5-14(19)8-13/h3-5,8,11-12,15H,6-7,9-10H2,1-2H3/t15-/m1/s1. The predicted molar refractivity (Wildman–Crippen MR) is 92.0 cm³/mol. The third-order valence-electron chi connectivity index (χ3n) is 4.01. The zero-order chi connectivity index (χ0) is 17.1. The third kappa shape index (κ3) is 3.99. The predicted octanol–water partition coefficient (Wildman–Crippen LogP) is 3.49. The molecule has 0 radical (unpaired) electrons. The lowest BCUT2D eigenvalue weighted by atomic mass is 10.1. The van der Waals surface area contributed by atoms with Crippen LogP contribution in [-0.4, -0.2) is 41.6 Å². The minimum atomic E-state index is -0.250. The van der Waals surface area contributed by atoms with Gasteiger partial charge in [0, 0.05) is 30.8 Å². The SMILES string of the molecule is CC(C)c1nc(C(=O)N2CCO[C@H](Cc3cccc(F)c3)C2)cs1. The fourth-order valence-electron chi connectivity index (χ4n) is 2.77. The molecular weight excluding hydrogens is 327 g/mol. The smallest absolute Gasteiger partial charge is 0.273 e. The first kappa shape index (κ1) is 17.0. The summed E-state index contributed by atoms with van der Waals surface area (Å²) in [5.74, 6) is 0.0209. The number of thiazole rings is 1. The minimum absolute atomic E-state index is 0.0503. The molecule has 6 heteroatoms. The topological polar surface area (TPSA) is 42.4 Å². The summed E-state index contributed by atoms with van der Waals surface area (Å²) in [6, 6.07) is 6.51. The zero-order valence-corrected chi connectivity index (χ0v) is 14.7. The van der Waals surface area contributed by atoms with Gasteiger partial charge < -0.3 is 9.64 Å². The van der Waals surface area contributed by atoms with Crippen molar-refractivity contribution in [2.75, 3.05) is 19.7 Å². The van der Waals surface area contributed by atoms with Gasteiger partial charge in [0.25, 0.3) is 5.91 Å². The molecule has 0 spiro atoms. The molecule has 0 saturated carbocycles. The van der Waals surface area contributed by atoms with Crippen LogP contribution in [0.5, 0.6) is 0 Å². The van der Waals surface area contributed by atoms with Crippen molar-refractivity contribution in [3.05, 3.63) is 51.7 Å². The van der Waals surface area contributed by atoms with Crippen LogP contribution < -0.4 is 0 Å². The van der Waals surface area contributed by atoms with Crippen molar-refractivity contribution in [3.63, 3.8) is 0 Å². The fraction of sp³-hybridized carbons (Fsp3) is 0.444. The molecule has 1 aliphatic heterocycles. The van der Waals surface area contributed by atoms with Crippen molar-refractivity contribution < 1.29 is 13.9 Å². The lowest BCUT2D eigenvalue weighted by molar-refractivity contribution is -0.0210. The number of halogens is 1. The molecular formula is C18H21FN2O2S. The number of hydrogen-bond acceptors (Lipinski definition) is 4. The normalized spacial score (nSPS) is 18.2. The lowest BCUT2D eigenvalue weighted by Crippen LogP contribution is -2.46. The van der Waals surface area contributed by atoms with Crippen molar-refractivity contribution in [1.29, 1.82) is 0 Å². The molecule has 1 atom stereocenters. The van der Waals surface area contributed by atoms with Crippen LogP contribution in [0.15, 0.2) is 29.6 Å². The van der Waals surface area contributed by atoms with Gasteiger partial charge in [-0.15, -0.1) is 11.3 Å². The Balaban J connectivity index is 1.65. The highest BCUT2D eigenvalue weighted by Crippen LogP contribution is 2.21. The van der Waals surface area contributed by atoms with Crippen LogP contribution in [0.2, 0.25) is 0 Å². The summed E-state index contributed by atoms with van der Waals surface area (Å²) >= 11 is 1.52. The van der Waals surface area contributed by atoms with Gasteiger partial charge in [0.1, 0.15) is 11.5 Å². The summed E-state index contributed by atoms with van der Waals surface area (Å²) in [5.41, 5.74) is 1.39. The van der Waals surface area contributed by atoms with Gasteiger partial charge in [-0.25, -0.2) is 9.37 Å². The Hall–Kier alpha value is -1.79. The molecule has 0 unspecified atom stereocenters. The Morgan fingerprint density at radius 1 is 1.50 bits per heavy atom. The van der Waals surface area contributed by atoms with Crippen molar-refractivity contribution in [3.8, 4) is 0 Å². The highest BCUT2D eigenvalue weighted by atomic mass is 32.1. The minimum Gasteiger partial charge on any atom is -0.374 e. The highest BCUT2D eigenvalue weighted by Gasteiger charge is 2.26. The zero-order valence-electron chi connectivity index (χ0n) is 13.9. The Labute approximate surface area is 145 Å². The van der Waals surface area contributed by atoms with Crippen LogP contribution in [0.3, 0.4) is 0 Å². The van der Waals surface area contributed by atoms with Crippen LogP contribution in [0, 0.1) is 5.82 Å². The largest absolute Gasteiger partial charge is 0.374 e. The second-order valence-corrected chi connectivity index (χ2v) is 7.19. The number of hydrogen-bond donors (Lipinski definition) is 0. The Morgan fingerprint density at radius 3 is 3.04 bits per heavy atom. The third-order valence-corrected chi connectivity index (χ3v) is 5.16. The average molecular weight is 348 g/mol. The first-order valence-electron chi connectivity index (χ1n) is 8.13. The van der Waals surface area contributed by atoms with E-state index in [1.54, 1.807) is 11.0 Å². The van der Waals surface area contributed by atoms with Crippen LogP contribution >= 0.6 is 11.3 Å². The summed E-state index contributed by atoms with van der Waals surface area (Å²) in [6.07, 6.45) is 0.475. The average Bonchev–Trinajstić information content (AvgIpc) is 3.05. The van der Waals surface area contributed by atoms with E-state index in [1.165, 1.54) is 23.5 Å². The number of amides is 1. The van der Waals surface area contributed by atoms with E-state index in [-0.39, 0.29) is 17.8 Å². The molecule has 1 amide bonds. The maximum Gasteiger partial charge on any atom is 0.273 e. The number of carbonyl (C=O) groups is 1.